The van der Waals surface area contributed by atoms with Crippen molar-refractivity contribution >= 4 is 22.8 Å². The molecule has 2 N–H and O–H groups in total. The monoisotopic (exact) mass is 621 g/mol. The number of carbonyl (C=O) groups is 2. The number of carbonyl (C=O) groups excluding carboxylic acids is 2. The Kier molecular flexibility index (Phi) is 12.6. The molecule has 2 aromatic heterocycles. The first-order valence-electron chi connectivity index (χ1n) is 14.3. The molecule has 1 amide bonds. The smallest absolute Gasteiger partial charge is 0.857 e. The maximum Gasteiger partial charge on any atom is 1.00 e. The van der Waals surface area contributed by atoms with Gasteiger partial charge in [-0.25, -0.2) is 14.2 Å². The van der Waals surface area contributed by atoms with E-state index in [9.17, 15) is 23.9 Å². The second-order valence-electron chi connectivity index (χ2n) is 10.2. The number of rotatable bonds is 1. The van der Waals surface area contributed by atoms with Gasteiger partial charge in [0.05, 0.1) is 29.0 Å². The van der Waals surface area contributed by atoms with Crippen molar-refractivity contribution < 1.29 is 85.4 Å². The van der Waals surface area contributed by atoms with Crippen molar-refractivity contribution in [2.24, 2.45) is 0 Å². The third-order valence-corrected chi connectivity index (χ3v) is 8.13. The Balaban J connectivity index is 0.000000308. The Labute approximate surface area is 292 Å². The van der Waals surface area contributed by atoms with Crippen molar-refractivity contribution in [2.45, 2.75) is 72.1 Å². The fourth-order valence-electron chi connectivity index (χ4n) is 6.13. The molecular formula is C31H37FKN3O7. The first-order chi connectivity index (χ1) is 20.3. The second kappa shape index (κ2) is 15.3. The molecule has 12 heteroatoms. The molecule has 0 bridgehead atoms. The molecule has 226 valence electrons. The van der Waals surface area contributed by atoms with Crippen LogP contribution in [0.25, 0.3) is 22.3 Å². The maximum absolute atomic E-state index is 14.5. The van der Waals surface area contributed by atoms with Crippen molar-refractivity contribution in [2.75, 3.05) is 26.8 Å². The largest absolute Gasteiger partial charge is 1.00 e. The maximum atomic E-state index is 14.5. The van der Waals surface area contributed by atoms with Crippen LogP contribution in [0.5, 0.6) is 0 Å². The number of aliphatic hydroxyl groups is 2. The molecule has 43 heavy (non-hydrogen) atoms. The molecule has 1 saturated heterocycles. The van der Waals surface area contributed by atoms with Gasteiger partial charge >= 0.3 is 57.4 Å². The summed E-state index contributed by atoms with van der Waals surface area (Å²) in [6.07, 6.45) is 3.29. The number of nitrogens with zero attached hydrogens (tertiary/aromatic N) is 3. The zero-order valence-corrected chi connectivity index (χ0v) is 28.6. The van der Waals surface area contributed by atoms with Gasteiger partial charge in [-0.1, -0.05) is 13.8 Å². The minimum Gasteiger partial charge on any atom is -0.857 e. The average Bonchev–Trinajstić information content (AvgIpc) is 3.69. The number of amides is 1. The van der Waals surface area contributed by atoms with Crippen molar-refractivity contribution in [3.05, 3.63) is 61.7 Å². The number of hydrogen-bond acceptors (Lipinski definition) is 8. The molecule has 1 aromatic carbocycles. The Morgan fingerprint density at radius 3 is 2.37 bits per heavy atom. The number of aryl methyl sites for hydroxylation is 2. The first-order valence-corrected chi connectivity index (χ1v) is 14.3. The third kappa shape index (κ3) is 6.52. The molecular weight excluding hydrogens is 584 g/mol. The molecule has 1 fully saturated rings. The van der Waals surface area contributed by atoms with Crippen molar-refractivity contribution in [1.29, 1.82) is 0 Å². The summed E-state index contributed by atoms with van der Waals surface area (Å²) in [4.78, 5) is 42.0. The Bertz CT molecular complexity index is 1580. The second-order valence-corrected chi connectivity index (χ2v) is 10.2. The number of aromatic nitrogens is 2. The van der Waals surface area contributed by atoms with Crippen LogP contribution in [0.3, 0.4) is 0 Å². The van der Waals surface area contributed by atoms with Crippen LogP contribution in [-0.4, -0.2) is 63.3 Å². The Morgan fingerprint density at radius 1 is 1.07 bits per heavy atom. The van der Waals surface area contributed by atoms with Gasteiger partial charge in [0.1, 0.15) is 19.0 Å². The molecule has 0 spiro atoms. The number of esters is 1. The molecule has 0 radical (unpaired) electrons. The Hall–Kier alpha value is -2.03. The summed E-state index contributed by atoms with van der Waals surface area (Å²) in [5.41, 5.74) is 5.86. The van der Waals surface area contributed by atoms with Crippen LogP contribution < -0.4 is 62.1 Å². The van der Waals surface area contributed by atoms with E-state index in [-0.39, 0.29) is 87.4 Å². The number of pyridine rings is 2. The molecule has 1 aliphatic carbocycles. The molecule has 1 atom stereocenters. The summed E-state index contributed by atoms with van der Waals surface area (Å²) in [5, 5.41) is 27.9. The molecule has 0 saturated carbocycles. The van der Waals surface area contributed by atoms with E-state index in [1.165, 1.54) is 6.07 Å². The van der Waals surface area contributed by atoms with E-state index in [0.29, 0.717) is 34.6 Å². The summed E-state index contributed by atoms with van der Waals surface area (Å²) >= 11 is 0. The van der Waals surface area contributed by atoms with E-state index in [1.54, 1.807) is 22.5 Å². The molecule has 3 aromatic rings. The fourth-order valence-corrected chi connectivity index (χ4v) is 6.13. The molecule has 5 heterocycles. The topological polar surface area (TPSA) is 145 Å². The van der Waals surface area contributed by atoms with Crippen LogP contribution in [0.1, 0.15) is 72.6 Å². The van der Waals surface area contributed by atoms with Crippen molar-refractivity contribution in [3.63, 3.8) is 0 Å². The van der Waals surface area contributed by atoms with Gasteiger partial charge in [-0.2, -0.15) is 7.11 Å². The quantitative estimate of drug-likeness (QED) is 0.205. The van der Waals surface area contributed by atoms with Crippen molar-refractivity contribution in [1.82, 2.24) is 14.5 Å². The molecule has 1 unspecified atom stereocenters. The summed E-state index contributed by atoms with van der Waals surface area (Å²) in [6, 6.07) is 3.13. The van der Waals surface area contributed by atoms with E-state index in [4.69, 9.17) is 19.9 Å². The summed E-state index contributed by atoms with van der Waals surface area (Å²) < 4.78 is 21.1. The summed E-state index contributed by atoms with van der Waals surface area (Å²) in [5.74, 6) is -1.16. The zero-order chi connectivity index (χ0) is 30.7. The fraction of sp³-hybridized carbons (Fsp3) is 0.484. The molecule has 4 aliphatic rings. The number of likely N-dealkylation sites (tertiary alicyclic amines) is 1. The predicted molar refractivity (Wildman–Crippen MR) is 152 cm³/mol. The first kappa shape index (κ1) is 35.4. The van der Waals surface area contributed by atoms with Gasteiger partial charge in [-0.3, -0.25) is 9.59 Å². The minimum atomic E-state index is -1.48. The summed E-state index contributed by atoms with van der Waals surface area (Å²) in [7, 11) is 0.750. The van der Waals surface area contributed by atoms with Crippen LogP contribution in [0, 0.1) is 12.7 Å². The van der Waals surface area contributed by atoms with E-state index >= 15 is 0 Å². The van der Waals surface area contributed by atoms with Crippen molar-refractivity contribution in [3.8, 4) is 11.4 Å². The average molecular weight is 622 g/mol. The standard InChI is InChI=1S/C22H17FN2O4.C6H11NO2.C2H6.CH3O.K/c1-9-10-3-2-4-11-13-7-25-17(19(13)24-16(18(10)11)6-15(9)23)5-12-14(21(25)27)8-29-22(28)20(12)26;8-5-6(9)7-3-1-2-4-7;2*1-2;/h5-6,20,26H,2-4,7-8H2,1H3;8H,1-5H2;1-2H3;1H3;/q;;;-1;+1. The number of hydrogen-bond donors (Lipinski definition) is 2. The van der Waals surface area contributed by atoms with Gasteiger partial charge in [0.25, 0.3) is 5.56 Å². The SMILES string of the molecule is CC.C[O-].Cc1c(F)cc2nc3c(c4c2c1CCC4)Cn1c-3cc2c(c1=O)COC(=O)C2O.O=C(CO)N1CCCC1.[K+]. The number of fused-ring (bicyclic) bond motifs is 5. The number of ether oxygens (including phenoxy) is 1. The van der Waals surface area contributed by atoms with Gasteiger partial charge in [0.15, 0.2) is 6.10 Å². The zero-order valence-electron chi connectivity index (χ0n) is 25.5. The van der Waals surface area contributed by atoms with E-state index in [0.717, 1.165) is 74.4 Å². The Morgan fingerprint density at radius 2 is 1.72 bits per heavy atom. The van der Waals surface area contributed by atoms with Crippen LogP contribution >= 0.6 is 0 Å². The number of cyclic esters (lactones) is 1. The third-order valence-electron chi connectivity index (χ3n) is 8.13. The van der Waals surface area contributed by atoms with Crippen LogP contribution in [0.4, 0.5) is 4.39 Å². The predicted octanol–water partition coefficient (Wildman–Crippen LogP) is -0.941. The molecule has 10 nitrogen and oxygen atoms in total. The van der Waals surface area contributed by atoms with Gasteiger partial charge in [0.2, 0.25) is 5.91 Å². The molecule has 3 aliphatic heterocycles. The van der Waals surface area contributed by atoms with Gasteiger partial charge in [-0.15, -0.1) is 0 Å². The molecule has 7 rings (SSSR count). The van der Waals surface area contributed by atoms with Gasteiger partial charge in [0, 0.05) is 35.7 Å². The van der Waals surface area contributed by atoms with E-state index in [1.807, 2.05) is 13.8 Å². The summed E-state index contributed by atoms with van der Waals surface area (Å²) in [6.45, 7) is 7.38. The van der Waals surface area contributed by atoms with Crippen LogP contribution in [0.15, 0.2) is 16.9 Å². The number of benzene rings is 1. The van der Waals surface area contributed by atoms with E-state index < -0.39 is 12.1 Å². The van der Waals surface area contributed by atoms with Gasteiger partial charge in [-0.05, 0) is 61.8 Å². The normalized spacial score (nSPS) is 17.0. The van der Waals surface area contributed by atoms with Gasteiger partial charge < -0.3 is 29.5 Å². The number of aliphatic hydroxyl groups excluding tert-OH is 2. The van der Waals surface area contributed by atoms with E-state index in [2.05, 4.69) is 0 Å². The minimum absolute atomic E-state index is 0. The number of halogens is 1. The van der Waals surface area contributed by atoms with Crippen LogP contribution in [-0.2, 0) is 40.3 Å². The van der Waals surface area contributed by atoms with Crippen LogP contribution in [0.2, 0.25) is 0 Å².